The van der Waals surface area contributed by atoms with Gasteiger partial charge >= 0.3 is 12.1 Å². The van der Waals surface area contributed by atoms with Crippen LogP contribution in [0.4, 0.5) is 13.2 Å². The molecule has 1 aliphatic heterocycles. The number of carboxylic acid groups (broad SMARTS) is 1. The third-order valence-corrected chi connectivity index (χ3v) is 4.02. The summed E-state index contributed by atoms with van der Waals surface area (Å²) < 4.78 is 44.6. The SMILES string of the molecule is CCn1cc2c(n1)C(COC)CN(Cc1ccco1)C2.O=C(O)C(F)(F)F. The number of rotatable bonds is 5. The summed E-state index contributed by atoms with van der Waals surface area (Å²) in [7, 11) is 1.75. The van der Waals surface area contributed by atoms with Gasteiger partial charge in [-0.05, 0) is 19.1 Å². The van der Waals surface area contributed by atoms with Gasteiger partial charge in [0.05, 0.1) is 25.1 Å². The van der Waals surface area contributed by atoms with Gasteiger partial charge in [0.1, 0.15) is 5.76 Å². The Morgan fingerprint density at radius 1 is 1.48 bits per heavy atom. The van der Waals surface area contributed by atoms with Gasteiger partial charge in [-0.3, -0.25) is 9.58 Å². The Bertz CT molecular complexity index is 728. The molecule has 0 saturated carbocycles. The Morgan fingerprint density at radius 3 is 2.70 bits per heavy atom. The quantitative estimate of drug-likeness (QED) is 0.847. The molecule has 0 saturated heterocycles. The van der Waals surface area contributed by atoms with Crippen molar-refractivity contribution in [2.75, 3.05) is 20.3 Å². The summed E-state index contributed by atoms with van der Waals surface area (Å²) in [5, 5.41) is 11.8. The summed E-state index contributed by atoms with van der Waals surface area (Å²) in [4.78, 5) is 11.3. The zero-order valence-corrected chi connectivity index (χ0v) is 15.1. The molecule has 1 aliphatic rings. The molecule has 10 heteroatoms. The van der Waals surface area contributed by atoms with Gasteiger partial charge in [-0.2, -0.15) is 18.3 Å². The molecule has 1 atom stereocenters. The number of furan rings is 1. The first-order valence-corrected chi connectivity index (χ1v) is 8.34. The number of carboxylic acids is 1. The highest BCUT2D eigenvalue weighted by atomic mass is 19.4. The summed E-state index contributed by atoms with van der Waals surface area (Å²) >= 11 is 0. The molecule has 2 aromatic rings. The number of methoxy groups -OCH3 is 1. The summed E-state index contributed by atoms with van der Waals surface area (Å²) in [5.41, 5.74) is 2.51. The lowest BCUT2D eigenvalue weighted by molar-refractivity contribution is -0.192. The summed E-state index contributed by atoms with van der Waals surface area (Å²) in [6.45, 7) is 6.46. The van der Waals surface area contributed by atoms with E-state index in [-0.39, 0.29) is 0 Å². The first-order chi connectivity index (χ1) is 12.7. The van der Waals surface area contributed by atoms with Crippen molar-refractivity contribution in [3.8, 4) is 0 Å². The van der Waals surface area contributed by atoms with E-state index in [4.69, 9.17) is 19.1 Å². The van der Waals surface area contributed by atoms with E-state index in [1.807, 2.05) is 16.8 Å². The highest BCUT2D eigenvalue weighted by Crippen LogP contribution is 2.28. The maximum absolute atomic E-state index is 10.6. The molecular weight excluding hydrogens is 367 g/mol. The number of hydrogen-bond donors (Lipinski definition) is 1. The molecule has 1 N–H and O–H groups in total. The number of fused-ring (bicyclic) bond motifs is 1. The molecule has 150 valence electrons. The van der Waals surface area contributed by atoms with Crippen molar-refractivity contribution >= 4 is 5.97 Å². The Kier molecular flexibility index (Phi) is 7.03. The second-order valence-corrected chi connectivity index (χ2v) is 6.10. The van der Waals surface area contributed by atoms with E-state index in [1.165, 1.54) is 11.3 Å². The molecule has 3 rings (SSSR count). The van der Waals surface area contributed by atoms with Gasteiger partial charge in [0.2, 0.25) is 0 Å². The van der Waals surface area contributed by atoms with Gasteiger partial charge in [-0.25, -0.2) is 4.79 Å². The van der Waals surface area contributed by atoms with Crippen LogP contribution in [0, 0.1) is 0 Å². The molecule has 0 spiro atoms. The minimum atomic E-state index is -5.08. The van der Waals surface area contributed by atoms with Crippen LogP contribution < -0.4 is 0 Å². The number of hydrogen-bond acceptors (Lipinski definition) is 5. The fraction of sp³-hybridized carbons (Fsp3) is 0.529. The van der Waals surface area contributed by atoms with Crippen LogP contribution in [0.1, 0.15) is 29.9 Å². The van der Waals surface area contributed by atoms with Crippen LogP contribution in [-0.4, -0.2) is 52.2 Å². The Labute approximate surface area is 154 Å². The summed E-state index contributed by atoms with van der Waals surface area (Å²) in [6.07, 6.45) is -1.20. The zero-order chi connectivity index (χ0) is 20.0. The fourth-order valence-electron chi connectivity index (χ4n) is 2.88. The fourth-order valence-corrected chi connectivity index (χ4v) is 2.88. The van der Waals surface area contributed by atoms with Crippen LogP contribution >= 0.6 is 0 Å². The van der Waals surface area contributed by atoms with E-state index in [2.05, 4.69) is 23.1 Å². The van der Waals surface area contributed by atoms with Gasteiger partial charge in [-0.1, -0.05) is 0 Å². The van der Waals surface area contributed by atoms with Gasteiger partial charge in [0.15, 0.2) is 0 Å². The summed E-state index contributed by atoms with van der Waals surface area (Å²) in [6, 6.07) is 3.96. The number of nitrogens with zero attached hydrogens (tertiary/aromatic N) is 3. The average Bonchev–Trinajstić information content (AvgIpc) is 3.24. The summed E-state index contributed by atoms with van der Waals surface area (Å²) in [5.74, 6) is -1.41. The molecule has 0 amide bonds. The molecule has 0 aromatic carbocycles. The van der Waals surface area contributed by atoms with Crippen LogP contribution in [0.25, 0.3) is 0 Å². The van der Waals surface area contributed by atoms with Crippen molar-refractivity contribution in [1.82, 2.24) is 14.7 Å². The number of aryl methyl sites for hydroxylation is 1. The molecule has 2 aromatic heterocycles. The van der Waals surface area contributed by atoms with Gasteiger partial charge < -0.3 is 14.3 Å². The van der Waals surface area contributed by atoms with Crippen LogP contribution in [0.2, 0.25) is 0 Å². The number of ether oxygens (including phenoxy) is 1. The average molecular weight is 389 g/mol. The predicted octanol–water partition coefficient (Wildman–Crippen LogP) is 2.88. The maximum atomic E-state index is 10.6. The molecule has 3 heterocycles. The van der Waals surface area contributed by atoms with Gasteiger partial charge in [0.25, 0.3) is 0 Å². The van der Waals surface area contributed by atoms with Crippen molar-refractivity contribution < 1.29 is 32.2 Å². The van der Waals surface area contributed by atoms with Crippen LogP contribution in [-0.2, 0) is 29.2 Å². The highest BCUT2D eigenvalue weighted by Gasteiger charge is 2.38. The third kappa shape index (κ3) is 5.83. The Morgan fingerprint density at radius 2 is 2.19 bits per heavy atom. The molecule has 7 nitrogen and oxygen atoms in total. The third-order valence-electron chi connectivity index (χ3n) is 4.02. The molecule has 1 unspecified atom stereocenters. The standard InChI is InChI=1S/C15H21N3O2.C2HF3O2/c1-3-18-9-12-7-17(10-14-5-4-6-20-14)8-13(11-19-2)15(12)16-18;3-2(4,5)1(6)7/h4-6,9,13H,3,7-8,10-11H2,1-2H3;(H,6,7). The predicted molar refractivity (Wildman–Crippen MR) is 89.0 cm³/mol. The van der Waals surface area contributed by atoms with Crippen molar-refractivity contribution in [3.05, 3.63) is 41.6 Å². The largest absolute Gasteiger partial charge is 0.490 e. The van der Waals surface area contributed by atoms with Crippen LogP contribution in [0.5, 0.6) is 0 Å². The highest BCUT2D eigenvalue weighted by molar-refractivity contribution is 5.73. The number of aromatic nitrogens is 2. The lowest BCUT2D eigenvalue weighted by Gasteiger charge is -2.30. The topological polar surface area (TPSA) is 80.7 Å². The lowest BCUT2D eigenvalue weighted by Crippen LogP contribution is -2.34. The Hall–Kier alpha value is -2.33. The normalized spacial score (nSPS) is 17.1. The van der Waals surface area contributed by atoms with Crippen molar-refractivity contribution in [2.24, 2.45) is 0 Å². The van der Waals surface area contributed by atoms with Crippen LogP contribution in [0.3, 0.4) is 0 Å². The number of halogens is 3. The molecule has 0 radical (unpaired) electrons. The van der Waals surface area contributed by atoms with Crippen molar-refractivity contribution in [2.45, 2.75) is 38.7 Å². The minimum Gasteiger partial charge on any atom is -0.475 e. The monoisotopic (exact) mass is 389 g/mol. The molecule has 0 bridgehead atoms. The second-order valence-electron chi connectivity index (χ2n) is 6.10. The first-order valence-electron chi connectivity index (χ1n) is 8.34. The van der Waals surface area contributed by atoms with E-state index in [1.54, 1.807) is 13.4 Å². The molecule has 0 fully saturated rings. The zero-order valence-electron chi connectivity index (χ0n) is 15.1. The number of carbonyl (C=O) groups is 1. The molecule has 0 aliphatic carbocycles. The number of alkyl halides is 3. The van der Waals surface area contributed by atoms with E-state index >= 15 is 0 Å². The Balaban J connectivity index is 0.000000321. The van der Waals surface area contributed by atoms with Gasteiger partial charge in [0, 0.05) is 44.4 Å². The first kappa shape index (κ1) is 21.0. The number of aliphatic carboxylic acids is 1. The van der Waals surface area contributed by atoms with E-state index in [0.717, 1.165) is 31.9 Å². The smallest absolute Gasteiger partial charge is 0.475 e. The second kappa shape index (κ2) is 9.05. The lowest BCUT2D eigenvalue weighted by atomic mass is 9.97. The van der Waals surface area contributed by atoms with E-state index in [9.17, 15) is 13.2 Å². The molecule has 27 heavy (non-hydrogen) atoms. The van der Waals surface area contributed by atoms with E-state index < -0.39 is 12.1 Å². The van der Waals surface area contributed by atoms with E-state index in [0.29, 0.717) is 12.5 Å². The molecular formula is C17H22F3N3O4. The van der Waals surface area contributed by atoms with Crippen LogP contribution in [0.15, 0.2) is 29.0 Å². The van der Waals surface area contributed by atoms with Gasteiger partial charge in [-0.15, -0.1) is 0 Å². The van der Waals surface area contributed by atoms with Crippen molar-refractivity contribution in [3.63, 3.8) is 0 Å². The maximum Gasteiger partial charge on any atom is 0.490 e. The minimum absolute atomic E-state index is 0.339. The van der Waals surface area contributed by atoms with Crippen molar-refractivity contribution in [1.29, 1.82) is 0 Å².